The SMILES string of the molecule is CCOC(=O)[C@@H]1CCCN(c2ccc(NC(=O)[C@H](Cl)c3ccccc3)cc2S(=O)(=O)N[C@@H](C)c2ccccc2)C1. The third-order valence-electron chi connectivity index (χ3n) is 6.85. The largest absolute Gasteiger partial charge is 0.466 e. The Hall–Kier alpha value is -3.40. The van der Waals surface area contributed by atoms with Crippen molar-refractivity contribution in [1.29, 1.82) is 0 Å². The first kappa shape index (κ1) is 29.6. The number of carbonyl (C=O) groups excluding carboxylic acids is 2. The predicted octanol–water partition coefficient (Wildman–Crippen LogP) is 5.42. The molecule has 0 aromatic heterocycles. The van der Waals surface area contributed by atoms with Crippen molar-refractivity contribution in [2.75, 3.05) is 29.9 Å². The Kier molecular flexibility index (Phi) is 9.84. The maximum atomic E-state index is 13.8. The van der Waals surface area contributed by atoms with Gasteiger partial charge in [0.25, 0.3) is 0 Å². The lowest BCUT2D eigenvalue weighted by atomic mass is 9.97. The van der Waals surface area contributed by atoms with Gasteiger partial charge in [-0.3, -0.25) is 9.59 Å². The minimum Gasteiger partial charge on any atom is -0.466 e. The Morgan fingerprint density at radius 1 is 1.02 bits per heavy atom. The van der Waals surface area contributed by atoms with Crippen LogP contribution < -0.4 is 14.9 Å². The summed E-state index contributed by atoms with van der Waals surface area (Å²) >= 11 is 6.40. The summed E-state index contributed by atoms with van der Waals surface area (Å²) in [5.41, 5.74) is 2.18. The second-order valence-electron chi connectivity index (χ2n) is 9.74. The molecule has 0 spiro atoms. The number of halogens is 1. The molecule has 8 nitrogen and oxygen atoms in total. The topological polar surface area (TPSA) is 105 Å². The van der Waals surface area contributed by atoms with Gasteiger partial charge in [-0.2, -0.15) is 0 Å². The van der Waals surface area contributed by atoms with E-state index in [-0.39, 0.29) is 23.4 Å². The molecule has 3 aromatic rings. The number of carbonyl (C=O) groups is 2. The van der Waals surface area contributed by atoms with Gasteiger partial charge in [0.1, 0.15) is 10.3 Å². The van der Waals surface area contributed by atoms with E-state index in [2.05, 4.69) is 10.0 Å². The zero-order valence-electron chi connectivity index (χ0n) is 22.5. The molecule has 0 saturated carbocycles. The summed E-state index contributed by atoms with van der Waals surface area (Å²) in [7, 11) is -4.06. The first-order chi connectivity index (χ1) is 19.2. The Morgan fingerprint density at radius 3 is 2.33 bits per heavy atom. The lowest BCUT2D eigenvalue weighted by Gasteiger charge is -2.34. The number of nitrogens with one attached hydrogen (secondary N) is 2. The fraction of sp³-hybridized carbons (Fsp3) is 0.333. The number of esters is 1. The number of sulfonamides is 1. The van der Waals surface area contributed by atoms with Crippen LogP contribution in [0.4, 0.5) is 11.4 Å². The van der Waals surface area contributed by atoms with Gasteiger partial charge in [0.2, 0.25) is 15.9 Å². The summed E-state index contributed by atoms with van der Waals surface area (Å²) < 4.78 is 35.6. The smallest absolute Gasteiger partial charge is 0.310 e. The highest BCUT2D eigenvalue weighted by molar-refractivity contribution is 7.89. The molecule has 0 radical (unpaired) electrons. The van der Waals surface area contributed by atoms with Crippen molar-refractivity contribution >= 4 is 44.9 Å². The summed E-state index contributed by atoms with van der Waals surface area (Å²) in [4.78, 5) is 27.3. The van der Waals surface area contributed by atoms with Crippen LogP contribution in [0.5, 0.6) is 0 Å². The Morgan fingerprint density at radius 2 is 1.68 bits per heavy atom. The van der Waals surface area contributed by atoms with Gasteiger partial charge in [-0.05, 0) is 56.0 Å². The van der Waals surface area contributed by atoms with E-state index in [0.29, 0.717) is 42.9 Å². The van der Waals surface area contributed by atoms with Crippen LogP contribution in [0, 0.1) is 5.92 Å². The van der Waals surface area contributed by atoms with E-state index in [1.165, 1.54) is 6.07 Å². The average molecular weight is 584 g/mol. The number of alkyl halides is 1. The van der Waals surface area contributed by atoms with Crippen LogP contribution in [0.15, 0.2) is 83.8 Å². The Bertz CT molecular complexity index is 1420. The number of amides is 1. The number of rotatable bonds is 10. The summed E-state index contributed by atoms with van der Waals surface area (Å²) in [5, 5.41) is 1.80. The maximum absolute atomic E-state index is 13.8. The molecule has 2 N–H and O–H groups in total. The van der Waals surface area contributed by atoms with Crippen molar-refractivity contribution < 1.29 is 22.7 Å². The molecule has 10 heteroatoms. The van der Waals surface area contributed by atoms with E-state index in [1.54, 1.807) is 50.2 Å². The van der Waals surface area contributed by atoms with Gasteiger partial charge < -0.3 is 15.0 Å². The van der Waals surface area contributed by atoms with E-state index in [4.69, 9.17) is 16.3 Å². The third kappa shape index (κ3) is 7.21. The summed E-state index contributed by atoms with van der Waals surface area (Å²) in [6.07, 6.45) is 1.38. The van der Waals surface area contributed by atoms with Crippen molar-refractivity contribution in [3.63, 3.8) is 0 Å². The highest BCUT2D eigenvalue weighted by Gasteiger charge is 2.31. The normalized spacial score (nSPS) is 17.1. The fourth-order valence-corrected chi connectivity index (χ4v) is 6.48. The lowest BCUT2D eigenvalue weighted by molar-refractivity contribution is -0.148. The highest BCUT2D eigenvalue weighted by Crippen LogP contribution is 2.33. The van der Waals surface area contributed by atoms with Crippen LogP contribution in [-0.4, -0.2) is 40.0 Å². The van der Waals surface area contributed by atoms with Crippen molar-refractivity contribution in [1.82, 2.24) is 4.72 Å². The molecule has 212 valence electrons. The monoisotopic (exact) mass is 583 g/mol. The number of benzene rings is 3. The van der Waals surface area contributed by atoms with Gasteiger partial charge in [-0.1, -0.05) is 60.7 Å². The number of hydrogen-bond acceptors (Lipinski definition) is 6. The molecule has 0 bridgehead atoms. The molecule has 3 aromatic carbocycles. The molecule has 0 aliphatic carbocycles. The van der Waals surface area contributed by atoms with Crippen LogP contribution >= 0.6 is 11.6 Å². The molecule has 0 unspecified atom stereocenters. The van der Waals surface area contributed by atoms with Gasteiger partial charge in [-0.25, -0.2) is 13.1 Å². The molecule has 1 fully saturated rings. The van der Waals surface area contributed by atoms with Gasteiger partial charge >= 0.3 is 5.97 Å². The Labute approximate surface area is 240 Å². The molecule has 1 amide bonds. The van der Waals surface area contributed by atoms with E-state index in [9.17, 15) is 18.0 Å². The van der Waals surface area contributed by atoms with Crippen LogP contribution in [-0.2, 0) is 24.3 Å². The first-order valence-electron chi connectivity index (χ1n) is 13.3. The number of anilines is 2. The summed E-state index contributed by atoms with van der Waals surface area (Å²) in [6, 6.07) is 22.4. The van der Waals surface area contributed by atoms with Crippen molar-refractivity contribution in [3.05, 3.63) is 90.0 Å². The van der Waals surface area contributed by atoms with Crippen LogP contribution in [0.2, 0.25) is 0 Å². The van der Waals surface area contributed by atoms with Gasteiger partial charge in [0, 0.05) is 24.8 Å². The van der Waals surface area contributed by atoms with E-state index < -0.39 is 27.3 Å². The molecular weight excluding hydrogens is 550 g/mol. The zero-order valence-corrected chi connectivity index (χ0v) is 24.1. The van der Waals surface area contributed by atoms with Crippen LogP contribution in [0.1, 0.15) is 49.2 Å². The van der Waals surface area contributed by atoms with E-state index in [0.717, 1.165) is 5.56 Å². The third-order valence-corrected chi connectivity index (χ3v) is 8.87. The van der Waals surface area contributed by atoms with Crippen molar-refractivity contribution in [2.45, 2.75) is 43.0 Å². The molecule has 1 saturated heterocycles. The summed E-state index contributed by atoms with van der Waals surface area (Å²) in [5.74, 6) is -1.12. The number of ether oxygens (including phenoxy) is 1. The molecule has 1 heterocycles. The molecule has 4 rings (SSSR count). The standard InChI is InChI=1S/C30H34ClN3O5S/c1-3-39-30(36)24-15-10-18-34(20-24)26-17-16-25(32-29(35)28(31)23-13-8-5-9-14-23)19-27(26)40(37,38)33-21(2)22-11-6-4-7-12-22/h4-9,11-14,16-17,19,21,24,28,33H,3,10,15,18,20H2,1-2H3,(H,32,35)/t21-,24+,28+/m0/s1. The fourth-order valence-electron chi connectivity index (χ4n) is 4.80. The summed E-state index contributed by atoms with van der Waals surface area (Å²) in [6.45, 7) is 4.73. The van der Waals surface area contributed by atoms with Gasteiger partial charge in [0.15, 0.2) is 0 Å². The molecule has 1 aliphatic rings. The van der Waals surface area contributed by atoms with Crippen molar-refractivity contribution in [3.8, 4) is 0 Å². The minimum atomic E-state index is -4.06. The second-order valence-corrected chi connectivity index (χ2v) is 11.9. The molecule has 40 heavy (non-hydrogen) atoms. The lowest BCUT2D eigenvalue weighted by Crippen LogP contribution is -2.40. The maximum Gasteiger partial charge on any atom is 0.310 e. The zero-order chi connectivity index (χ0) is 28.7. The van der Waals surface area contributed by atoms with E-state index in [1.807, 2.05) is 41.3 Å². The number of hydrogen-bond donors (Lipinski definition) is 2. The van der Waals surface area contributed by atoms with Gasteiger partial charge in [-0.15, -0.1) is 11.6 Å². The van der Waals surface area contributed by atoms with Crippen molar-refractivity contribution in [2.24, 2.45) is 5.92 Å². The van der Waals surface area contributed by atoms with Crippen LogP contribution in [0.3, 0.4) is 0 Å². The first-order valence-corrected chi connectivity index (χ1v) is 15.2. The molecular formula is C30H34ClN3O5S. The minimum absolute atomic E-state index is 0.00317. The quantitative estimate of drug-likeness (QED) is 0.244. The van der Waals surface area contributed by atoms with E-state index >= 15 is 0 Å². The van der Waals surface area contributed by atoms with Crippen LogP contribution in [0.25, 0.3) is 0 Å². The molecule has 3 atom stereocenters. The number of nitrogens with zero attached hydrogens (tertiary/aromatic N) is 1. The average Bonchev–Trinajstić information content (AvgIpc) is 2.97. The molecule has 1 aliphatic heterocycles. The highest BCUT2D eigenvalue weighted by atomic mass is 35.5. The number of piperidine rings is 1. The predicted molar refractivity (Wildman–Crippen MR) is 157 cm³/mol. The second kappa shape index (κ2) is 13.3. The Balaban J connectivity index is 1.66. The van der Waals surface area contributed by atoms with Gasteiger partial charge in [0.05, 0.1) is 18.2 Å².